The largest absolute Gasteiger partial charge is 0.444 e. The van der Waals surface area contributed by atoms with Crippen molar-refractivity contribution in [3.05, 3.63) is 35.4 Å². The van der Waals surface area contributed by atoms with Crippen LogP contribution in [0.4, 0.5) is 4.79 Å². The fourth-order valence-corrected chi connectivity index (χ4v) is 3.56. The van der Waals surface area contributed by atoms with E-state index >= 15 is 0 Å². The summed E-state index contributed by atoms with van der Waals surface area (Å²) in [5.41, 5.74) is 0.566. The minimum atomic E-state index is -0.474. The van der Waals surface area contributed by atoms with Crippen LogP contribution >= 0.6 is 11.6 Å². The van der Waals surface area contributed by atoms with Crippen LogP contribution in [-0.2, 0) is 4.74 Å². The Balaban J connectivity index is 1.81. The highest BCUT2D eigenvalue weighted by Crippen LogP contribution is 2.36. The van der Waals surface area contributed by atoms with E-state index in [1.807, 2.05) is 39.1 Å². The molecule has 5 nitrogen and oxygen atoms in total. The molecule has 25 heavy (non-hydrogen) atoms. The molecule has 6 heteroatoms. The number of aromatic nitrogens is 2. The molecule has 0 aromatic carbocycles. The van der Waals surface area contributed by atoms with Crippen LogP contribution in [0.3, 0.4) is 0 Å². The molecule has 0 saturated carbocycles. The number of nitrogens with zero attached hydrogens (tertiary/aromatic N) is 3. The number of carbonyl (C=O) groups excluding carboxylic acids is 1. The second-order valence-corrected chi connectivity index (χ2v) is 8.11. The number of amides is 1. The first kappa shape index (κ1) is 17.9. The summed E-state index contributed by atoms with van der Waals surface area (Å²) in [4.78, 5) is 22.9. The molecule has 1 fully saturated rings. The number of rotatable bonds is 1. The van der Waals surface area contributed by atoms with Crippen molar-refractivity contribution in [1.82, 2.24) is 14.9 Å². The summed E-state index contributed by atoms with van der Waals surface area (Å²) in [6, 6.07) is 3.83. The van der Waals surface area contributed by atoms with Crippen molar-refractivity contribution >= 4 is 28.5 Å². The van der Waals surface area contributed by atoms with Crippen molar-refractivity contribution in [3.63, 3.8) is 0 Å². The maximum atomic E-state index is 12.3. The number of ether oxygens (including phenoxy) is 1. The van der Waals surface area contributed by atoms with Crippen LogP contribution in [0.15, 0.2) is 24.5 Å². The van der Waals surface area contributed by atoms with Gasteiger partial charge in [-0.05, 0) is 45.2 Å². The van der Waals surface area contributed by atoms with E-state index in [-0.39, 0.29) is 17.9 Å². The Morgan fingerprint density at radius 2 is 2.12 bits per heavy atom. The highest BCUT2D eigenvalue weighted by atomic mass is 35.5. The van der Waals surface area contributed by atoms with Crippen molar-refractivity contribution < 1.29 is 9.53 Å². The zero-order chi connectivity index (χ0) is 18.2. The molecular formula is C19H24ClN3O2. The number of pyridine rings is 2. The van der Waals surface area contributed by atoms with Gasteiger partial charge in [-0.2, -0.15) is 0 Å². The van der Waals surface area contributed by atoms with E-state index in [0.717, 1.165) is 22.9 Å². The molecule has 3 heterocycles. The monoisotopic (exact) mass is 361 g/mol. The Labute approximate surface area is 153 Å². The Hall–Kier alpha value is -1.88. The number of carbonyl (C=O) groups is 1. The molecule has 0 spiro atoms. The molecule has 0 N–H and O–H groups in total. The summed E-state index contributed by atoms with van der Waals surface area (Å²) in [5.74, 6) is 0.562. The van der Waals surface area contributed by atoms with Crippen LogP contribution in [0.5, 0.6) is 0 Å². The molecule has 0 bridgehead atoms. The van der Waals surface area contributed by atoms with E-state index in [1.54, 1.807) is 11.1 Å². The van der Waals surface area contributed by atoms with Crippen LogP contribution < -0.4 is 0 Å². The summed E-state index contributed by atoms with van der Waals surface area (Å²) in [6.45, 7) is 9.15. The van der Waals surface area contributed by atoms with Gasteiger partial charge in [-0.1, -0.05) is 18.5 Å². The molecule has 3 rings (SSSR count). The fourth-order valence-electron chi connectivity index (χ4n) is 3.40. The third-order valence-corrected chi connectivity index (χ3v) is 4.76. The van der Waals surface area contributed by atoms with Crippen molar-refractivity contribution in [2.24, 2.45) is 5.92 Å². The van der Waals surface area contributed by atoms with Crippen LogP contribution in [0.25, 0.3) is 10.8 Å². The lowest BCUT2D eigenvalue weighted by atomic mass is 9.83. The van der Waals surface area contributed by atoms with Crippen molar-refractivity contribution in [2.75, 3.05) is 13.1 Å². The predicted octanol–water partition coefficient (Wildman–Crippen LogP) is 4.64. The lowest BCUT2D eigenvalue weighted by Gasteiger charge is -2.37. The van der Waals surface area contributed by atoms with E-state index in [9.17, 15) is 4.79 Å². The van der Waals surface area contributed by atoms with Gasteiger partial charge >= 0.3 is 6.09 Å². The molecule has 2 atom stereocenters. The number of likely N-dealkylation sites (tertiary alicyclic amines) is 1. The molecule has 134 valence electrons. The zero-order valence-electron chi connectivity index (χ0n) is 15.1. The summed E-state index contributed by atoms with van der Waals surface area (Å²) < 4.78 is 5.50. The number of piperidine rings is 1. The van der Waals surface area contributed by atoms with Crippen LogP contribution in [-0.4, -0.2) is 39.7 Å². The van der Waals surface area contributed by atoms with Gasteiger partial charge in [0.1, 0.15) is 10.8 Å². The maximum absolute atomic E-state index is 12.3. The first-order valence-electron chi connectivity index (χ1n) is 8.62. The van der Waals surface area contributed by atoms with Crippen LogP contribution in [0, 0.1) is 5.92 Å². The molecule has 1 saturated heterocycles. The highest BCUT2D eigenvalue weighted by molar-refractivity contribution is 6.30. The topological polar surface area (TPSA) is 55.3 Å². The van der Waals surface area contributed by atoms with E-state index in [2.05, 4.69) is 16.9 Å². The first-order chi connectivity index (χ1) is 11.7. The van der Waals surface area contributed by atoms with Crippen LogP contribution in [0.1, 0.15) is 45.7 Å². The third-order valence-electron chi connectivity index (χ3n) is 4.55. The molecule has 2 aromatic rings. The smallest absolute Gasteiger partial charge is 0.410 e. The van der Waals surface area contributed by atoms with Gasteiger partial charge in [-0.25, -0.2) is 9.78 Å². The number of hydrogen-bond acceptors (Lipinski definition) is 4. The molecule has 1 amide bonds. The Morgan fingerprint density at radius 3 is 2.80 bits per heavy atom. The molecule has 1 aliphatic rings. The average Bonchev–Trinajstić information content (AvgIpc) is 2.53. The van der Waals surface area contributed by atoms with E-state index < -0.39 is 5.60 Å². The van der Waals surface area contributed by atoms with Gasteiger partial charge in [-0.15, -0.1) is 0 Å². The van der Waals surface area contributed by atoms with Gasteiger partial charge in [0.2, 0.25) is 0 Å². The SMILES string of the molecule is C[C@@H]1CN(C(=O)OC(C)(C)C)CC[C@H]1c1nccc2cnc(Cl)cc12. The molecular weight excluding hydrogens is 338 g/mol. The van der Waals surface area contributed by atoms with Gasteiger partial charge in [0.05, 0.1) is 5.69 Å². The summed E-state index contributed by atoms with van der Waals surface area (Å²) in [6.07, 6.45) is 4.21. The summed E-state index contributed by atoms with van der Waals surface area (Å²) in [7, 11) is 0. The average molecular weight is 362 g/mol. The second kappa shape index (κ2) is 6.79. The highest BCUT2D eigenvalue weighted by Gasteiger charge is 2.33. The Morgan fingerprint density at radius 1 is 1.36 bits per heavy atom. The number of hydrogen-bond donors (Lipinski definition) is 0. The third kappa shape index (κ3) is 4.03. The Bertz CT molecular complexity index is 788. The van der Waals surface area contributed by atoms with Crippen LogP contribution in [0.2, 0.25) is 5.15 Å². The normalized spacial score (nSPS) is 21.4. The summed E-state index contributed by atoms with van der Waals surface area (Å²) >= 11 is 6.08. The molecule has 0 unspecified atom stereocenters. The standard InChI is InChI=1S/C19H24ClN3O2/c1-12-11-23(18(24)25-19(2,3)4)8-6-14(12)17-15-9-16(20)22-10-13(15)5-7-21-17/h5,7,9-10,12,14H,6,8,11H2,1-4H3/t12-,14-/m1/s1. The predicted molar refractivity (Wildman–Crippen MR) is 98.9 cm³/mol. The molecule has 2 aromatic heterocycles. The maximum Gasteiger partial charge on any atom is 0.410 e. The van der Waals surface area contributed by atoms with Crippen molar-refractivity contribution in [2.45, 2.75) is 45.6 Å². The Kier molecular flexibility index (Phi) is 4.87. The first-order valence-corrected chi connectivity index (χ1v) is 9.00. The number of fused-ring (bicyclic) bond motifs is 1. The minimum absolute atomic E-state index is 0.240. The lowest BCUT2D eigenvalue weighted by Crippen LogP contribution is -2.44. The molecule has 0 radical (unpaired) electrons. The van der Waals surface area contributed by atoms with E-state index in [1.165, 1.54) is 0 Å². The van der Waals surface area contributed by atoms with Crippen molar-refractivity contribution in [3.8, 4) is 0 Å². The molecule has 1 aliphatic heterocycles. The summed E-state index contributed by atoms with van der Waals surface area (Å²) in [5, 5.41) is 2.56. The second-order valence-electron chi connectivity index (χ2n) is 7.72. The quantitative estimate of drug-likeness (QED) is 0.694. The minimum Gasteiger partial charge on any atom is -0.444 e. The zero-order valence-corrected chi connectivity index (χ0v) is 15.9. The lowest BCUT2D eigenvalue weighted by molar-refractivity contribution is 0.0154. The number of halogens is 1. The van der Waals surface area contributed by atoms with E-state index in [4.69, 9.17) is 16.3 Å². The fraction of sp³-hybridized carbons (Fsp3) is 0.526. The van der Waals surface area contributed by atoms with Gasteiger partial charge in [0.15, 0.2) is 0 Å². The van der Waals surface area contributed by atoms with E-state index in [0.29, 0.717) is 18.2 Å². The van der Waals surface area contributed by atoms with Gasteiger partial charge in [0.25, 0.3) is 0 Å². The molecule has 0 aliphatic carbocycles. The van der Waals surface area contributed by atoms with Gasteiger partial charge in [0, 0.05) is 42.2 Å². The van der Waals surface area contributed by atoms with Crippen molar-refractivity contribution in [1.29, 1.82) is 0 Å². The van der Waals surface area contributed by atoms with Gasteiger partial charge < -0.3 is 9.64 Å². The van der Waals surface area contributed by atoms with Gasteiger partial charge in [-0.3, -0.25) is 4.98 Å².